The molecule has 1 saturated carbocycles. The van der Waals surface area contributed by atoms with Crippen LogP contribution in [0.4, 0.5) is 0 Å². The van der Waals surface area contributed by atoms with Crippen molar-refractivity contribution >= 4 is 17.5 Å². The summed E-state index contributed by atoms with van der Waals surface area (Å²) in [6.45, 7) is 7.94. The zero-order chi connectivity index (χ0) is 18.8. The maximum absolute atomic E-state index is 13.1. The van der Waals surface area contributed by atoms with Gasteiger partial charge in [0.25, 0.3) is 0 Å². The van der Waals surface area contributed by atoms with E-state index in [4.69, 9.17) is 4.74 Å². The zero-order valence-corrected chi connectivity index (χ0v) is 15.8. The Kier molecular flexibility index (Phi) is 5.87. The van der Waals surface area contributed by atoms with Crippen molar-refractivity contribution in [3.63, 3.8) is 0 Å². The van der Waals surface area contributed by atoms with Crippen molar-refractivity contribution in [1.82, 2.24) is 0 Å². The van der Waals surface area contributed by atoms with Crippen molar-refractivity contribution in [2.45, 2.75) is 72.3 Å². The topological polar surface area (TPSA) is 80.7 Å². The van der Waals surface area contributed by atoms with E-state index in [1.807, 2.05) is 20.8 Å². The molecule has 0 aromatic carbocycles. The number of esters is 1. The standard InChI is InChI=1S/C20H30O5/c1-5-14(21)16(23)17-19(2,3)10-6-11-20(17,4)15(22)8-7-13-9-12-25-18(13)24/h9,14,17,21H,5-8,10-12H2,1-4H3/t14?,17-,20+/m0/s1. The van der Waals surface area contributed by atoms with Gasteiger partial charge in [0.05, 0.1) is 0 Å². The highest BCUT2D eigenvalue weighted by Gasteiger charge is 2.54. The number of hydrogen-bond donors (Lipinski definition) is 1. The molecule has 1 heterocycles. The number of aliphatic hydroxyl groups excluding tert-OH is 1. The predicted octanol–water partition coefficient (Wildman–Crippen LogP) is 2.99. The Labute approximate surface area is 149 Å². The molecular weight excluding hydrogens is 320 g/mol. The average Bonchev–Trinajstić information content (AvgIpc) is 2.95. The van der Waals surface area contributed by atoms with Crippen LogP contribution in [0.5, 0.6) is 0 Å². The van der Waals surface area contributed by atoms with E-state index in [-0.39, 0.29) is 36.0 Å². The molecule has 1 aliphatic carbocycles. The maximum Gasteiger partial charge on any atom is 0.334 e. The Morgan fingerprint density at radius 2 is 2.00 bits per heavy atom. The van der Waals surface area contributed by atoms with Crippen LogP contribution in [-0.2, 0) is 19.1 Å². The molecule has 25 heavy (non-hydrogen) atoms. The molecule has 1 unspecified atom stereocenters. The number of ether oxygens (including phenoxy) is 1. The van der Waals surface area contributed by atoms with Crippen LogP contribution in [0.25, 0.3) is 0 Å². The Hall–Kier alpha value is -1.49. The van der Waals surface area contributed by atoms with Gasteiger partial charge in [-0.05, 0) is 37.2 Å². The lowest BCUT2D eigenvalue weighted by Crippen LogP contribution is -2.53. The largest absolute Gasteiger partial charge is 0.458 e. The van der Waals surface area contributed by atoms with Crippen LogP contribution in [0.2, 0.25) is 0 Å². The molecule has 2 rings (SSSR count). The van der Waals surface area contributed by atoms with Crippen molar-refractivity contribution < 1.29 is 24.2 Å². The van der Waals surface area contributed by atoms with Crippen LogP contribution in [0.15, 0.2) is 11.6 Å². The normalized spacial score (nSPS) is 29.7. The van der Waals surface area contributed by atoms with Gasteiger partial charge in [-0.1, -0.05) is 34.1 Å². The highest BCUT2D eigenvalue weighted by Crippen LogP contribution is 2.53. The van der Waals surface area contributed by atoms with E-state index in [1.54, 1.807) is 13.0 Å². The molecule has 0 aromatic heterocycles. The Morgan fingerprint density at radius 3 is 2.56 bits per heavy atom. The first-order valence-electron chi connectivity index (χ1n) is 9.24. The summed E-state index contributed by atoms with van der Waals surface area (Å²) < 4.78 is 4.88. The van der Waals surface area contributed by atoms with Crippen LogP contribution >= 0.6 is 0 Å². The predicted molar refractivity (Wildman–Crippen MR) is 93.8 cm³/mol. The van der Waals surface area contributed by atoms with Gasteiger partial charge in [0.1, 0.15) is 18.5 Å². The van der Waals surface area contributed by atoms with Crippen LogP contribution in [-0.4, -0.2) is 35.4 Å². The van der Waals surface area contributed by atoms with Gasteiger partial charge in [-0.2, -0.15) is 0 Å². The molecule has 0 radical (unpaired) electrons. The molecule has 0 bridgehead atoms. The lowest BCUT2D eigenvalue weighted by atomic mass is 9.53. The summed E-state index contributed by atoms with van der Waals surface area (Å²) in [4.78, 5) is 37.5. The fourth-order valence-corrected chi connectivity index (χ4v) is 4.59. The van der Waals surface area contributed by atoms with E-state index in [9.17, 15) is 19.5 Å². The van der Waals surface area contributed by atoms with E-state index >= 15 is 0 Å². The van der Waals surface area contributed by atoms with Gasteiger partial charge in [-0.15, -0.1) is 0 Å². The lowest BCUT2D eigenvalue weighted by Gasteiger charge is -2.49. The first-order valence-corrected chi connectivity index (χ1v) is 9.24. The van der Waals surface area contributed by atoms with Crippen LogP contribution in [0.1, 0.15) is 66.2 Å². The van der Waals surface area contributed by atoms with E-state index < -0.39 is 17.4 Å². The lowest BCUT2D eigenvalue weighted by molar-refractivity contribution is -0.154. The summed E-state index contributed by atoms with van der Waals surface area (Å²) in [5, 5.41) is 10.1. The van der Waals surface area contributed by atoms with Gasteiger partial charge >= 0.3 is 5.97 Å². The highest BCUT2D eigenvalue weighted by atomic mass is 16.5. The van der Waals surface area contributed by atoms with Gasteiger partial charge in [0.15, 0.2) is 5.78 Å². The minimum Gasteiger partial charge on any atom is -0.458 e. The molecule has 0 spiro atoms. The summed E-state index contributed by atoms with van der Waals surface area (Å²) >= 11 is 0. The Balaban J connectivity index is 2.22. The fourth-order valence-electron chi connectivity index (χ4n) is 4.59. The van der Waals surface area contributed by atoms with Gasteiger partial charge in [-0.25, -0.2) is 4.79 Å². The molecule has 140 valence electrons. The number of Topliss-reactive ketones (excluding diaryl/α,β-unsaturated/α-hetero) is 2. The summed E-state index contributed by atoms with van der Waals surface area (Å²) in [6, 6.07) is 0. The SMILES string of the molecule is CCC(O)C(=O)[C@H]1C(C)(C)CCC[C@]1(C)C(=O)CCC1=CCOC1=O. The number of aliphatic hydroxyl groups is 1. The van der Waals surface area contributed by atoms with Crippen LogP contribution in [0, 0.1) is 16.7 Å². The van der Waals surface area contributed by atoms with E-state index in [0.29, 0.717) is 24.8 Å². The quantitative estimate of drug-likeness (QED) is 0.714. The Bertz CT molecular complexity index is 589. The number of carbonyl (C=O) groups is 3. The molecule has 3 atom stereocenters. The molecule has 1 aliphatic heterocycles. The smallest absolute Gasteiger partial charge is 0.334 e. The minimum absolute atomic E-state index is 0.00234. The highest BCUT2D eigenvalue weighted by molar-refractivity contribution is 5.96. The second-order valence-corrected chi connectivity index (χ2v) is 8.27. The zero-order valence-electron chi connectivity index (χ0n) is 15.8. The second kappa shape index (κ2) is 7.40. The molecular formula is C20H30O5. The average molecular weight is 350 g/mol. The fraction of sp³-hybridized carbons (Fsp3) is 0.750. The Morgan fingerprint density at radius 1 is 1.32 bits per heavy atom. The van der Waals surface area contributed by atoms with Crippen molar-refractivity contribution in [3.05, 3.63) is 11.6 Å². The van der Waals surface area contributed by atoms with Gasteiger partial charge < -0.3 is 9.84 Å². The summed E-state index contributed by atoms with van der Waals surface area (Å²) in [7, 11) is 0. The monoisotopic (exact) mass is 350 g/mol. The van der Waals surface area contributed by atoms with Crippen molar-refractivity contribution in [2.75, 3.05) is 6.61 Å². The van der Waals surface area contributed by atoms with Crippen LogP contribution < -0.4 is 0 Å². The number of carbonyl (C=O) groups excluding carboxylic acids is 3. The third-order valence-corrected chi connectivity index (χ3v) is 6.00. The van der Waals surface area contributed by atoms with Gasteiger partial charge in [0.2, 0.25) is 0 Å². The van der Waals surface area contributed by atoms with E-state index in [0.717, 1.165) is 12.8 Å². The molecule has 0 amide bonds. The molecule has 1 fully saturated rings. The number of ketones is 2. The van der Waals surface area contributed by atoms with E-state index in [1.165, 1.54) is 0 Å². The van der Waals surface area contributed by atoms with Gasteiger partial charge in [0, 0.05) is 23.3 Å². The van der Waals surface area contributed by atoms with Crippen molar-refractivity contribution in [2.24, 2.45) is 16.7 Å². The minimum atomic E-state index is -1.03. The van der Waals surface area contributed by atoms with Crippen molar-refractivity contribution in [3.8, 4) is 0 Å². The summed E-state index contributed by atoms with van der Waals surface area (Å²) in [6.07, 6.45) is 4.00. The van der Waals surface area contributed by atoms with Crippen LogP contribution in [0.3, 0.4) is 0 Å². The first-order chi connectivity index (χ1) is 11.6. The van der Waals surface area contributed by atoms with Crippen molar-refractivity contribution in [1.29, 1.82) is 0 Å². The number of hydrogen-bond acceptors (Lipinski definition) is 5. The molecule has 0 aromatic rings. The first kappa shape index (κ1) is 19.8. The number of cyclic esters (lactones) is 1. The van der Waals surface area contributed by atoms with Gasteiger partial charge in [-0.3, -0.25) is 9.59 Å². The number of rotatable bonds is 7. The molecule has 5 nitrogen and oxygen atoms in total. The maximum atomic E-state index is 13.1. The molecule has 2 aliphatic rings. The molecule has 0 saturated heterocycles. The summed E-state index contributed by atoms with van der Waals surface area (Å²) in [5.41, 5.74) is -0.581. The third kappa shape index (κ3) is 3.86. The molecule has 1 N–H and O–H groups in total. The molecule has 5 heteroatoms. The second-order valence-electron chi connectivity index (χ2n) is 8.27. The third-order valence-electron chi connectivity index (χ3n) is 6.00. The van der Waals surface area contributed by atoms with E-state index in [2.05, 4.69) is 0 Å². The summed E-state index contributed by atoms with van der Waals surface area (Å²) in [5.74, 6) is -1.07.